The number of carbonyl (C=O) groups excluding carboxylic acids is 2. The smallest absolute Gasteiger partial charge is 0.220 e. The molecule has 0 unspecified atom stereocenters. The van der Waals surface area contributed by atoms with E-state index >= 15 is 0 Å². The highest BCUT2D eigenvalue weighted by Crippen LogP contribution is 2.31. The van der Waals surface area contributed by atoms with Crippen molar-refractivity contribution < 1.29 is 19.1 Å². The second-order valence-electron chi connectivity index (χ2n) is 9.85. The maximum Gasteiger partial charge on any atom is 0.220 e. The van der Waals surface area contributed by atoms with E-state index in [4.69, 9.17) is 14.5 Å². The molecule has 1 aliphatic heterocycles. The third-order valence-corrected chi connectivity index (χ3v) is 7.17. The van der Waals surface area contributed by atoms with E-state index in [0.29, 0.717) is 13.1 Å². The minimum absolute atomic E-state index is 0.112. The van der Waals surface area contributed by atoms with Crippen LogP contribution in [0.25, 0.3) is 11.0 Å². The molecule has 4 rings (SSSR count). The Morgan fingerprint density at radius 3 is 2.49 bits per heavy atom. The zero-order chi connectivity index (χ0) is 27.8. The predicted octanol–water partition coefficient (Wildman–Crippen LogP) is 1.58. The van der Waals surface area contributed by atoms with Gasteiger partial charge in [0.15, 0.2) is 5.65 Å². The van der Waals surface area contributed by atoms with Crippen LogP contribution in [-0.4, -0.2) is 60.8 Å². The van der Waals surface area contributed by atoms with Gasteiger partial charge in [-0.15, -0.1) is 0 Å². The summed E-state index contributed by atoms with van der Waals surface area (Å²) in [6.07, 6.45) is 4.66. The number of hydrogen-bond donors (Lipinski definition) is 3. The number of aromatic nitrogens is 3. The van der Waals surface area contributed by atoms with Crippen LogP contribution in [0, 0.1) is 0 Å². The van der Waals surface area contributed by atoms with Crippen molar-refractivity contribution in [3.05, 3.63) is 41.2 Å². The molecule has 1 aromatic carbocycles. The summed E-state index contributed by atoms with van der Waals surface area (Å²) in [5.41, 5.74) is 5.73. The second kappa shape index (κ2) is 13.5. The van der Waals surface area contributed by atoms with Gasteiger partial charge in [-0.3, -0.25) is 9.59 Å². The topological polar surface area (TPSA) is 119 Å². The molecule has 1 fully saturated rings. The van der Waals surface area contributed by atoms with Gasteiger partial charge in [0, 0.05) is 63.0 Å². The molecule has 0 saturated carbocycles. The Hall–Kier alpha value is -3.60. The van der Waals surface area contributed by atoms with Gasteiger partial charge in [0.2, 0.25) is 11.8 Å². The third kappa shape index (κ3) is 7.09. The number of hydrogen-bond acceptors (Lipinski definition) is 7. The largest absolute Gasteiger partial charge is 0.497 e. The van der Waals surface area contributed by atoms with Crippen molar-refractivity contribution in [2.45, 2.75) is 71.6 Å². The van der Waals surface area contributed by atoms with Gasteiger partial charge < -0.3 is 25.4 Å². The fraction of sp³-hybridized carbons (Fsp3) is 0.500. The van der Waals surface area contributed by atoms with Crippen LogP contribution in [0.2, 0.25) is 0 Å². The van der Waals surface area contributed by atoms with E-state index in [1.807, 2.05) is 43.8 Å². The number of fused-ring (bicyclic) bond motifs is 1. The van der Waals surface area contributed by atoms with Crippen LogP contribution >= 0.6 is 0 Å². The lowest BCUT2D eigenvalue weighted by Gasteiger charge is -2.26. The minimum atomic E-state index is -0.172. The molecule has 3 aromatic rings. The zero-order valence-corrected chi connectivity index (χ0v) is 23.4. The Morgan fingerprint density at radius 2 is 1.85 bits per heavy atom. The monoisotopic (exact) mass is 534 g/mol. The Balaban J connectivity index is 1.38. The van der Waals surface area contributed by atoms with Gasteiger partial charge in [-0.2, -0.15) is 5.10 Å². The highest BCUT2D eigenvalue weighted by molar-refractivity contribution is 6.34. The molecule has 0 radical (unpaired) electrons. The molecule has 1 aliphatic rings. The molecule has 0 aliphatic carbocycles. The van der Waals surface area contributed by atoms with Crippen molar-refractivity contribution in [2.75, 3.05) is 25.6 Å². The standard InChI is InChI=1S/C28H39BN6O4/c1-4-23-20(27(33-19-10-12-39-13-11-19)21-17-32-35(5-2)28(21)34-23)16-31-26(37)9-8-25(36)30-15-18-6-7-24(38-3)22(29)14-18/h6-7,14,17,19H,4-5,8-13,15-16,29H2,1-3H3,(H,30,36)(H,31,37)(H,33,34). The summed E-state index contributed by atoms with van der Waals surface area (Å²) < 4.78 is 12.7. The molecule has 0 atom stereocenters. The van der Waals surface area contributed by atoms with Crippen molar-refractivity contribution in [3.63, 3.8) is 0 Å². The Kier molecular flexibility index (Phi) is 9.81. The molecule has 3 heterocycles. The van der Waals surface area contributed by atoms with Gasteiger partial charge in [0.1, 0.15) is 13.6 Å². The number of aryl methyl sites for hydroxylation is 2. The van der Waals surface area contributed by atoms with E-state index in [-0.39, 0.29) is 30.7 Å². The SMILES string of the molecule is Bc1cc(CNC(=O)CCC(=O)NCc2c(CC)nc3c(cnn3CC)c2NC2CCOCC2)ccc1OC. The highest BCUT2D eigenvalue weighted by atomic mass is 16.5. The van der Waals surface area contributed by atoms with E-state index in [0.717, 1.165) is 83.8 Å². The average Bonchev–Trinajstić information content (AvgIpc) is 3.37. The normalized spacial score (nSPS) is 13.8. The third-order valence-electron chi connectivity index (χ3n) is 7.17. The van der Waals surface area contributed by atoms with E-state index in [2.05, 4.69) is 28.0 Å². The first-order valence-electron chi connectivity index (χ1n) is 13.8. The molecule has 39 heavy (non-hydrogen) atoms. The molecule has 11 heteroatoms. The number of pyridine rings is 1. The van der Waals surface area contributed by atoms with Crippen LogP contribution in [0.3, 0.4) is 0 Å². The summed E-state index contributed by atoms with van der Waals surface area (Å²) in [6, 6.07) is 6.08. The van der Waals surface area contributed by atoms with Crippen molar-refractivity contribution in [1.29, 1.82) is 0 Å². The molecular weight excluding hydrogens is 495 g/mol. The molecule has 0 spiro atoms. The molecule has 10 nitrogen and oxygen atoms in total. The Labute approximate surface area is 230 Å². The van der Waals surface area contributed by atoms with Crippen molar-refractivity contribution in [2.24, 2.45) is 0 Å². The summed E-state index contributed by atoms with van der Waals surface area (Å²) in [5.74, 6) is 0.478. The summed E-state index contributed by atoms with van der Waals surface area (Å²) in [7, 11) is 3.60. The quantitative estimate of drug-likeness (QED) is 0.302. The van der Waals surface area contributed by atoms with Gasteiger partial charge in [-0.05, 0) is 43.3 Å². The van der Waals surface area contributed by atoms with E-state index in [1.165, 1.54) is 0 Å². The highest BCUT2D eigenvalue weighted by Gasteiger charge is 2.22. The number of carbonyl (C=O) groups is 2. The fourth-order valence-electron chi connectivity index (χ4n) is 4.94. The maximum absolute atomic E-state index is 12.7. The summed E-state index contributed by atoms with van der Waals surface area (Å²) in [5, 5.41) is 15.1. The van der Waals surface area contributed by atoms with Gasteiger partial charge in [0.05, 0.1) is 24.4 Å². The van der Waals surface area contributed by atoms with Crippen molar-refractivity contribution in [1.82, 2.24) is 25.4 Å². The first kappa shape index (κ1) is 28.4. The number of nitrogens with one attached hydrogen (secondary N) is 3. The van der Waals surface area contributed by atoms with Crippen molar-refractivity contribution >= 4 is 41.8 Å². The lowest BCUT2D eigenvalue weighted by molar-refractivity contribution is -0.126. The fourth-order valence-corrected chi connectivity index (χ4v) is 4.94. The van der Waals surface area contributed by atoms with Crippen LogP contribution in [0.15, 0.2) is 24.4 Å². The number of nitrogens with zero attached hydrogens (tertiary/aromatic N) is 3. The maximum atomic E-state index is 12.7. The molecule has 3 N–H and O–H groups in total. The van der Waals surface area contributed by atoms with Gasteiger partial charge in [-0.25, -0.2) is 9.67 Å². The number of methoxy groups -OCH3 is 1. The first-order valence-corrected chi connectivity index (χ1v) is 13.8. The number of amides is 2. The molecule has 0 bridgehead atoms. The van der Waals surface area contributed by atoms with E-state index < -0.39 is 0 Å². The summed E-state index contributed by atoms with van der Waals surface area (Å²) in [4.78, 5) is 30.1. The van der Waals surface area contributed by atoms with Crippen LogP contribution in [0.5, 0.6) is 5.75 Å². The van der Waals surface area contributed by atoms with E-state index in [9.17, 15) is 9.59 Å². The number of rotatable bonds is 12. The second-order valence-corrected chi connectivity index (χ2v) is 9.85. The Bertz CT molecular complexity index is 1300. The molecule has 208 valence electrons. The van der Waals surface area contributed by atoms with Crippen LogP contribution in [0.1, 0.15) is 56.4 Å². The lowest BCUT2D eigenvalue weighted by Crippen LogP contribution is -2.30. The predicted molar refractivity (Wildman–Crippen MR) is 154 cm³/mol. The van der Waals surface area contributed by atoms with Crippen molar-refractivity contribution in [3.8, 4) is 5.75 Å². The molecule has 1 saturated heterocycles. The molecule has 2 amide bonds. The molecular formula is C28H39BN6O4. The Morgan fingerprint density at radius 1 is 1.13 bits per heavy atom. The summed E-state index contributed by atoms with van der Waals surface area (Å²) >= 11 is 0. The van der Waals surface area contributed by atoms with Gasteiger partial charge in [-0.1, -0.05) is 19.1 Å². The number of benzene rings is 1. The van der Waals surface area contributed by atoms with Gasteiger partial charge >= 0.3 is 0 Å². The zero-order valence-electron chi connectivity index (χ0n) is 23.4. The number of anilines is 1. The van der Waals surface area contributed by atoms with Gasteiger partial charge in [0.25, 0.3) is 0 Å². The van der Waals surface area contributed by atoms with Crippen LogP contribution in [-0.2, 0) is 40.4 Å². The van der Waals surface area contributed by atoms with Crippen LogP contribution in [0.4, 0.5) is 5.69 Å². The average molecular weight is 534 g/mol. The summed E-state index contributed by atoms with van der Waals surface area (Å²) in [6.45, 7) is 7.04. The minimum Gasteiger partial charge on any atom is -0.497 e. The van der Waals surface area contributed by atoms with E-state index in [1.54, 1.807) is 7.11 Å². The number of ether oxygens (including phenoxy) is 2. The first-order chi connectivity index (χ1) is 18.9. The molecule has 2 aromatic heterocycles. The van der Waals surface area contributed by atoms with Crippen LogP contribution < -0.4 is 26.2 Å². The lowest BCUT2D eigenvalue weighted by atomic mass is 9.93.